The molecule has 0 bridgehead atoms. The number of rotatable bonds is 3. The fourth-order valence-electron chi connectivity index (χ4n) is 0.515. The average Bonchev–Trinajstić information content (AvgIpc) is 2.52. The van der Waals surface area contributed by atoms with Crippen molar-refractivity contribution >= 4 is 10.1 Å². The lowest BCUT2D eigenvalue weighted by atomic mass is 10.7. The molecule has 0 atom stereocenters. The van der Waals surface area contributed by atoms with Crippen molar-refractivity contribution in [3.63, 3.8) is 0 Å². The number of halogens is 3. The Morgan fingerprint density at radius 3 is 2.57 bits per heavy atom. The van der Waals surface area contributed by atoms with Crippen molar-refractivity contribution in [1.29, 1.82) is 0 Å². The number of nitrogens with one attached hydrogen (secondary N) is 1. The van der Waals surface area contributed by atoms with E-state index in [1.807, 2.05) is 5.10 Å². The standard InChI is InChI=1S/C4H4F3N3O3S/c5-4(6,7)1-13-14(11,12)3-8-2-9-10-3/h2H,1H2,(H,8,9,10). The molecule has 0 aliphatic rings. The van der Waals surface area contributed by atoms with Crippen LogP contribution >= 0.6 is 0 Å². The Labute approximate surface area is 76.2 Å². The molecule has 0 aromatic carbocycles. The molecule has 6 nitrogen and oxygen atoms in total. The van der Waals surface area contributed by atoms with Gasteiger partial charge in [0.1, 0.15) is 6.33 Å². The van der Waals surface area contributed by atoms with E-state index in [1.165, 1.54) is 0 Å². The van der Waals surface area contributed by atoms with Crippen LogP contribution in [0.5, 0.6) is 0 Å². The normalized spacial score (nSPS) is 13.1. The Morgan fingerprint density at radius 1 is 1.50 bits per heavy atom. The van der Waals surface area contributed by atoms with Gasteiger partial charge >= 0.3 is 16.3 Å². The Morgan fingerprint density at radius 2 is 2.14 bits per heavy atom. The van der Waals surface area contributed by atoms with Gasteiger partial charge in [0.25, 0.3) is 5.16 Å². The summed E-state index contributed by atoms with van der Waals surface area (Å²) in [7, 11) is -4.50. The second-order valence-electron chi connectivity index (χ2n) is 2.12. The summed E-state index contributed by atoms with van der Waals surface area (Å²) in [5, 5.41) is 4.27. The molecule has 1 aromatic rings. The van der Waals surface area contributed by atoms with Crippen LogP contribution in [0.4, 0.5) is 13.2 Å². The van der Waals surface area contributed by atoms with Gasteiger partial charge in [-0.25, -0.2) is 10.1 Å². The van der Waals surface area contributed by atoms with Crippen molar-refractivity contribution in [2.75, 3.05) is 6.61 Å². The first-order chi connectivity index (χ1) is 6.31. The van der Waals surface area contributed by atoms with Crippen LogP contribution < -0.4 is 0 Å². The highest BCUT2D eigenvalue weighted by molar-refractivity contribution is 7.86. The van der Waals surface area contributed by atoms with Crippen LogP contribution in [0.25, 0.3) is 0 Å². The fraction of sp³-hybridized carbons (Fsp3) is 0.500. The van der Waals surface area contributed by atoms with Crippen molar-refractivity contribution in [3.05, 3.63) is 6.33 Å². The Hall–Kier alpha value is -1.16. The Kier molecular flexibility index (Phi) is 2.76. The van der Waals surface area contributed by atoms with Gasteiger partial charge in [-0.05, 0) is 0 Å². The number of alkyl halides is 3. The molecule has 80 valence electrons. The highest BCUT2D eigenvalue weighted by Gasteiger charge is 2.32. The number of H-pyrrole nitrogens is 1. The molecule has 0 fully saturated rings. The molecule has 1 aromatic heterocycles. The Bertz CT molecular complexity index is 384. The molecule has 0 aliphatic heterocycles. The molecule has 0 aliphatic carbocycles. The largest absolute Gasteiger partial charge is 0.413 e. The summed E-state index contributed by atoms with van der Waals surface area (Å²) in [4.78, 5) is 3.14. The zero-order chi connectivity index (χ0) is 10.8. The van der Waals surface area contributed by atoms with E-state index in [0.717, 1.165) is 6.33 Å². The number of nitrogens with zero attached hydrogens (tertiary/aromatic N) is 2. The van der Waals surface area contributed by atoms with Gasteiger partial charge in [-0.15, -0.1) is 0 Å². The number of aromatic amines is 1. The second kappa shape index (κ2) is 3.53. The van der Waals surface area contributed by atoms with Crippen LogP contribution in [0, 0.1) is 0 Å². The van der Waals surface area contributed by atoms with Gasteiger partial charge in [0, 0.05) is 0 Å². The molecule has 10 heteroatoms. The topological polar surface area (TPSA) is 84.9 Å². The van der Waals surface area contributed by atoms with Gasteiger partial charge < -0.3 is 0 Å². The number of hydrogen-bond acceptors (Lipinski definition) is 5. The molecular formula is C4H4F3N3O3S. The van der Waals surface area contributed by atoms with Gasteiger partial charge in [0.2, 0.25) is 0 Å². The zero-order valence-corrected chi connectivity index (χ0v) is 7.26. The molecule has 0 radical (unpaired) electrons. The van der Waals surface area contributed by atoms with Gasteiger partial charge in [-0.2, -0.15) is 26.7 Å². The summed E-state index contributed by atoms with van der Waals surface area (Å²) in [6.45, 7) is -1.89. The molecule has 1 rings (SSSR count). The zero-order valence-electron chi connectivity index (χ0n) is 6.45. The molecule has 0 saturated heterocycles. The summed E-state index contributed by atoms with van der Waals surface area (Å²) < 4.78 is 60.2. The molecule has 1 heterocycles. The third-order valence-corrected chi connectivity index (χ3v) is 2.11. The molecule has 1 N–H and O–H groups in total. The monoisotopic (exact) mass is 231 g/mol. The van der Waals surface area contributed by atoms with E-state index in [1.54, 1.807) is 0 Å². The van der Waals surface area contributed by atoms with E-state index in [2.05, 4.69) is 14.3 Å². The van der Waals surface area contributed by atoms with Gasteiger partial charge in [-0.1, -0.05) is 0 Å². The van der Waals surface area contributed by atoms with Crippen LogP contribution in [-0.2, 0) is 14.3 Å². The van der Waals surface area contributed by atoms with Crippen molar-refractivity contribution in [2.45, 2.75) is 11.3 Å². The second-order valence-corrected chi connectivity index (χ2v) is 3.65. The SMILES string of the molecule is O=S(=O)(OCC(F)(F)F)c1ncn[nH]1. The van der Waals surface area contributed by atoms with Crippen LogP contribution in [0.1, 0.15) is 0 Å². The lowest BCUT2D eigenvalue weighted by Gasteiger charge is -2.05. The fourth-order valence-corrected chi connectivity index (χ4v) is 1.26. The van der Waals surface area contributed by atoms with E-state index in [0.29, 0.717) is 0 Å². The smallest absolute Gasteiger partial charge is 0.254 e. The molecule has 0 amide bonds. The number of hydrogen-bond donors (Lipinski definition) is 1. The van der Waals surface area contributed by atoms with Crippen molar-refractivity contribution in [1.82, 2.24) is 15.2 Å². The van der Waals surface area contributed by atoms with E-state index in [4.69, 9.17) is 0 Å². The molecular weight excluding hydrogens is 227 g/mol. The Balaban J connectivity index is 2.70. The van der Waals surface area contributed by atoms with E-state index >= 15 is 0 Å². The first-order valence-electron chi connectivity index (χ1n) is 3.13. The highest BCUT2D eigenvalue weighted by Crippen LogP contribution is 2.17. The summed E-state index contributed by atoms with van der Waals surface area (Å²) >= 11 is 0. The molecule has 14 heavy (non-hydrogen) atoms. The van der Waals surface area contributed by atoms with E-state index in [-0.39, 0.29) is 0 Å². The predicted octanol–water partition coefficient (Wildman–Crippen LogP) is 0.0723. The average molecular weight is 231 g/mol. The van der Waals surface area contributed by atoms with Gasteiger partial charge in [-0.3, -0.25) is 4.18 Å². The summed E-state index contributed by atoms with van der Waals surface area (Å²) in [5.41, 5.74) is 0. The van der Waals surface area contributed by atoms with E-state index < -0.39 is 28.1 Å². The summed E-state index contributed by atoms with van der Waals surface area (Å²) in [5.74, 6) is 0. The minimum Gasteiger partial charge on any atom is -0.254 e. The van der Waals surface area contributed by atoms with Crippen molar-refractivity contribution in [3.8, 4) is 0 Å². The number of aromatic nitrogens is 3. The summed E-state index contributed by atoms with van der Waals surface area (Å²) in [6, 6.07) is 0. The lowest BCUT2D eigenvalue weighted by Crippen LogP contribution is -2.21. The minimum absolute atomic E-state index is 0.762. The third-order valence-electron chi connectivity index (χ3n) is 1.01. The van der Waals surface area contributed by atoms with Crippen LogP contribution in [0.15, 0.2) is 11.5 Å². The van der Waals surface area contributed by atoms with Crippen LogP contribution in [0.2, 0.25) is 0 Å². The van der Waals surface area contributed by atoms with E-state index in [9.17, 15) is 21.6 Å². The van der Waals surface area contributed by atoms with Crippen molar-refractivity contribution < 1.29 is 25.8 Å². The molecule has 0 unspecified atom stereocenters. The van der Waals surface area contributed by atoms with Crippen molar-refractivity contribution in [2.24, 2.45) is 0 Å². The lowest BCUT2D eigenvalue weighted by molar-refractivity contribution is -0.152. The molecule has 0 saturated carbocycles. The highest BCUT2D eigenvalue weighted by atomic mass is 32.2. The summed E-state index contributed by atoms with van der Waals surface area (Å²) in [6.07, 6.45) is -3.88. The first-order valence-corrected chi connectivity index (χ1v) is 4.54. The van der Waals surface area contributed by atoms with Gasteiger partial charge in [0.05, 0.1) is 0 Å². The van der Waals surface area contributed by atoms with Crippen LogP contribution in [0.3, 0.4) is 0 Å². The quantitative estimate of drug-likeness (QED) is 0.744. The van der Waals surface area contributed by atoms with Crippen LogP contribution in [-0.4, -0.2) is 36.4 Å². The first kappa shape index (κ1) is 10.9. The maximum Gasteiger partial charge on any atom is 0.413 e. The predicted molar refractivity (Wildman–Crippen MR) is 35.6 cm³/mol. The van der Waals surface area contributed by atoms with Gasteiger partial charge in [0.15, 0.2) is 6.61 Å². The maximum absolute atomic E-state index is 11.6. The third kappa shape index (κ3) is 2.96. The molecule has 0 spiro atoms. The maximum atomic E-state index is 11.6. The minimum atomic E-state index is -4.72.